The van der Waals surface area contributed by atoms with Gasteiger partial charge in [0, 0.05) is 31.5 Å². The van der Waals surface area contributed by atoms with Crippen LogP contribution in [0.4, 0.5) is 5.69 Å². The standard InChI is InChI=1S/C26H42O4.C24H25N3/c1-4-7-9-11-13-15-17-21-19-23(25(27)28)24(26(29)30-6-3)20-22(21)18-16-14-12-10-8-5-2;25-18-21-11-7-14-23(17-21)27-16-8-15-26(19-20-9-3-1-4-10-20)24(27)22-12-5-2-6-13-22/h19-20H,4-18H2,1-3H3,(H,27,28);1-14,16-17,24H,15,18-19,25H2. The van der Waals surface area contributed by atoms with Crippen LogP contribution in [0.5, 0.6) is 0 Å². The monoisotopic (exact) mass is 774 g/mol. The first kappa shape index (κ1) is 45.0. The Morgan fingerprint density at radius 2 is 1.25 bits per heavy atom. The summed E-state index contributed by atoms with van der Waals surface area (Å²) in [6.45, 7) is 8.78. The van der Waals surface area contributed by atoms with Crippen molar-refractivity contribution < 1.29 is 19.4 Å². The molecular weight excluding hydrogens is 707 g/mol. The second kappa shape index (κ2) is 25.5. The van der Waals surface area contributed by atoms with Crippen LogP contribution in [0.2, 0.25) is 0 Å². The molecule has 0 fully saturated rings. The number of anilines is 1. The van der Waals surface area contributed by atoms with Gasteiger partial charge in [0.05, 0.1) is 17.7 Å². The number of hydrogen-bond acceptors (Lipinski definition) is 6. The smallest absolute Gasteiger partial charge is 0.339 e. The molecule has 0 radical (unpaired) electrons. The molecule has 1 aliphatic heterocycles. The first-order chi connectivity index (χ1) is 27.9. The maximum Gasteiger partial charge on any atom is 0.339 e. The maximum absolute atomic E-state index is 12.4. The zero-order valence-electron chi connectivity index (χ0n) is 34.8. The fourth-order valence-electron chi connectivity index (χ4n) is 7.59. The molecule has 0 spiro atoms. The van der Waals surface area contributed by atoms with Gasteiger partial charge in [0.25, 0.3) is 0 Å². The number of hydrogen-bond donors (Lipinski definition) is 2. The molecule has 5 rings (SSSR count). The van der Waals surface area contributed by atoms with Gasteiger partial charge in [-0.1, -0.05) is 157 Å². The van der Waals surface area contributed by atoms with Crippen molar-refractivity contribution >= 4 is 17.6 Å². The molecule has 0 saturated heterocycles. The third kappa shape index (κ3) is 14.6. The molecule has 0 aliphatic carbocycles. The molecule has 57 heavy (non-hydrogen) atoms. The first-order valence-corrected chi connectivity index (χ1v) is 21.5. The van der Waals surface area contributed by atoms with E-state index in [4.69, 9.17) is 10.5 Å². The van der Waals surface area contributed by atoms with Gasteiger partial charge in [-0.25, -0.2) is 9.59 Å². The lowest BCUT2D eigenvalue weighted by Crippen LogP contribution is -2.42. The number of aromatic carboxylic acids is 1. The van der Waals surface area contributed by atoms with E-state index in [2.05, 4.69) is 121 Å². The minimum Gasteiger partial charge on any atom is -0.478 e. The van der Waals surface area contributed by atoms with E-state index < -0.39 is 11.9 Å². The highest BCUT2D eigenvalue weighted by Crippen LogP contribution is 2.34. The van der Waals surface area contributed by atoms with Crippen molar-refractivity contribution in [3.8, 4) is 0 Å². The van der Waals surface area contributed by atoms with E-state index in [0.29, 0.717) is 6.54 Å². The van der Waals surface area contributed by atoms with Gasteiger partial charge in [-0.05, 0) is 84.7 Å². The van der Waals surface area contributed by atoms with Crippen molar-refractivity contribution in [2.75, 3.05) is 18.1 Å². The molecule has 1 heterocycles. The molecular formula is C50H67N3O4. The molecule has 0 aromatic heterocycles. The summed E-state index contributed by atoms with van der Waals surface area (Å²) in [6.07, 6.45) is 20.9. The van der Waals surface area contributed by atoms with Crippen LogP contribution in [0.25, 0.3) is 0 Å². The van der Waals surface area contributed by atoms with Gasteiger partial charge in [-0.3, -0.25) is 4.90 Å². The van der Waals surface area contributed by atoms with Crippen LogP contribution >= 0.6 is 0 Å². The summed E-state index contributed by atoms with van der Waals surface area (Å²) in [7, 11) is 0. The van der Waals surface area contributed by atoms with E-state index in [1.165, 1.54) is 81.0 Å². The van der Waals surface area contributed by atoms with E-state index in [-0.39, 0.29) is 23.9 Å². The molecule has 0 saturated carbocycles. The number of esters is 1. The Balaban J connectivity index is 0.000000253. The molecule has 4 aromatic carbocycles. The van der Waals surface area contributed by atoms with Crippen molar-refractivity contribution in [1.29, 1.82) is 0 Å². The summed E-state index contributed by atoms with van der Waals surface area (Å²) in [5.74, 6) is -1.60. The van der Waals surface area contributed by atoms with Crippen LogP contribution in [0.15, 0.2) is 109 Å². The van der Waals surface area contributed by atoms with Gasteiger partial charge in [0.2, 0.25) is 0 Å². The summed E-state index contributed by atoms with van der Waals surface area (Å²) >= 11 is 0. The summed E-state index contributed by atoms with van der Waals surface area (Å²) in [6, 6.07) is 33.4. The Bertz CT molecular complexity index is 1790. The summed E-state index contributed by atoms with van der Waals surface area (Å²) < 4.78 is 5.12. The molecule has 306 valence electrons. The quantitative estimate of drug-likeness (QED) is 0.0606. The second-order valence-electron chi connectivity index (χ2n) is 15.1. The zero-order chi connectivity index (χ0) is 40.7. The normalized spacial score (nSPS) is 13.9. The first-order valence-electron chi connectivity index (χ1n) is 21.5. The summed E-state index contributed by atoms with van der Waals surface area (Å²) in [5.41, 5.74) is 13.3. The van der Waals surface area contributed by atoms with Gasteiger partial charge < -0.3 is 20.5 Å². The number of aryl methyl sites for hydroxylation is 2. The second-order valence-corrected chi connectivity index (χ2v) is 15.1. The van der Waals surface area contributed by atoms with Crippen LogP contribution in [0.3, 0.4) is 0 Å². The predicted octanol–water partition coefficient (Wildman–Crippen LogP) is 12.0. The van der Waals surface area contributed by atoms with Crippen LogP contribution in [-0.2, 0) is 30.7 Å². The SMILES string of the molecule is CCCCCCCCc1cc(C(=O)O)c(C(=O)OCC)cc1CCCCCCCC.NCc1cccc(N2C=CCN(Cc3ccccc3)C2c2ccccc2)c1. The van der Waals surface area contributed by atoms with E-state index in [0.717, 1.165) is 55.5 Å². The third-order valence-corrected chi connectivity index (χ3v) is 10.7. The van der Waals surface area contributed by atoms with E-state index in [1.54, 1.807) is 19.1 Å². The molecule has 1 unspecified atom stereocenters. The lowest BCUT2D eigenvalue weighted by atomic mass is 9.91. The summed E-state index contributed by atoms with van der Waals surface area (Å²) in [5, 5.41) is 9.66. The van der Waals surface area contributed by atoms with Gasteiger partial charge >= 0.3 is 11.9 Å². The lowest BCUT2D eigenvalue weighted by molar-refractivity contribution is 0.0514. The Hall–Kier alpha value is -4.72. The number of carbonyl (C=O) groups is 2. The average molecular weight is 774 g/mol. The minimum atomic E-state index is -1.06. The van der Waals surface area contributed by atoms with Gasteiger partial charge in [0.1, 0.15) is 6.17 Å². The molecule has 7 nitrogen and oxygen atoms in total. The van der Waals surface area contributed by atoms with Crippen molar-refractivity contribution in [2.24, 2.45) is 5.73 Å². The number of carbonyl (C=O) groups excluding carboxylic acids is 1. The predicted molar refractivity (Wildman–Crippen MR) is 236 cm³/mol. The third-order valence-electron chi connectivity index (χ3n) is 10.7. The van der Waals surface area contributed by atoms with Crippen molar-refractivity contribution in [2.45, 2.75) is 130 Å². The molecule has 0 bridgehead atoms. The highest BCUT2D eigenvalue weighted by atomic mass is 16.5. The summed E-state index contributed by atoms with van der Waals surface area (Å²) in [4.78, 5) is 29.0. The molecule has 0 amide bonds. The Morgan fingerprint density at radius 3 is 1.82 bits per heavy atom. The largest absolute Gasteiger partial charge is 0.478 e. The van der Waals surface area contributed by atoms with Crippen molar-refractivity contribution in [3.63, 3.8) is 0 Å². The molecule has 3 N–H and O–H groups in total. The van der Waals surface area contributed by atoms with Crippen molar-refractivity contribution in [3.05, 3.63) is 148 Å². The number of ether oxygens (including phenoxy) is 1. The van der Waals surface area contributed by atoms with E-state index >= 15 is 0 Å². The number of nitrogens with two attached hydrogens (primary N) is 1. The molecule has 7 heteroatoms. The van der Waals surface area contributed by atoms with Gasteiger partial charge in [-0.15, -0.1) is 0 Å². The van der Waals surface area contributed by atoms with Crippen LogP contribution in [-0.4, -0.2) is 35.1 Å². The number of carboxylic acid groups (broad SMARTS) is 1. The average Bonchev–Trinajstić information content (AvgIpc) is 3.24. The topological polar surface area (TPSA) is 96.1 Å². The fourth-order valence-corrected chi connectivity index (χ4v) is 7.59. The Morgan fingerprint density at radius 1 is 0.684 bits per heavy atom. The minimum absolute atomic E-state index is 0.0705. The highest BCUT2D eigenvalue weighted by molar-refractivity contribution is 6.02. The number of carboxylic acids is 1. The lowest BCUT2D eigenvalue weighted by Gasteiger charge is -2.42. The Kier molecular flexibility index (Phi) is 20.1. The van der Waals surface area contributed by atoms with Crippen LogP contribution in [0.1, 0.15) is 153 Å². The van der Waals surface area contributed by atoms with E-state index in [1.807, 2.05) is 0 Å². The number of unbranched alkanes of at least 4 members (excludes halogenated alkanes) is 10. The molecule has 1 aliphatic rings. The molecule has 4 aromatic rings. The van der Waals surface area contributed by atoms with Crippen LogP contribution < -0.4 is 10.6 Å². The van der Waals surface area contributed by atoms with Gasteiger partial charge in [-0.2, -0.15) is 0 Å². The Labute approximate surface area is 342 Å². The van der Waals surface area contributed by atoms with Crippen molar-refractivity contribution in [1.82, 2.24) is 4.90 Å². The molecule has 1 atom stereocenters. The maximum atomic E-state index is 12.4. The zero-order valence-corrected chi connectivity index (χ0v) is 34.8. The highest BCUT2D eigenvalue weighted by Gasteiger charge is 2.28. The van der Waals surface area contributed by atoms with Crippen LogP contribution in [0, 0.1) is 0 Å². The number of benzene rings is 4. The van der Waals surface area contributed by atoms with Gasteiger partial charge in [0.15, 0.2) is 0 Å². The van der Waals surface area contributed by atoms with E-state index in [9.17, 15) is 14.7 Å². The number of nitrogens with zero attached hydrogens (tertiary/aromatic N) is 2. The number of rotatable bonds is 22. The fraction of sp³-hybridized carbons (Fsp3) is 0.440.